The van der Waals surface area contributed by atoms with Crippen molar-refractivity contribution in [2.24, 2.45) is 0 Å². The number of ether oxygens (including phenoxy) is 2. The van der Waals surface area contributed by atoms with Gasteiger partial charge in [-0.2, -0.15) is 0 Å². The van der Waals surface area contributed by atoms with Gasteiger partial charge in [-0.05, 0) is 56.2 Å². The maximum absolute atomic E-state index is 12.3. The van der Waals surface area contributed by atoms with Crippen LogP contribution >= 0.6 is 0 Å². The molecule has 0 radical (unpaired) electrons. The predicted molar refractivity (Wildman–Crippen MR) is 92.4 cm³/mol. The molecule has 126 valence electrons. The van der Waals surface area contributed by atoms with Crippen LogP contribution in [-0.4, -0.2) is 25.1 Å². The number of hydrogen-bond acceptors (Lipinski definition) is 4. The molecule has 1 N–H and O–H groups in total. The Labute approximate surface area is 141 Å². The molecular formula is C19H21NO4. The van der Waals surface area contributed by atoms with Gasteiger partial charge in [-0.15, -0.1) is 0 Å². The van der Waals surface area contributed by atoms with Crippen LogP contribution in [0.1, 0.15) is 28.4 Å². The first-order chi connectivity index (χ1) is 11.4. The van der Waals surface area contributed by atoms with Gasteiger partial charge in [0.1, 0.15) is 5.75 Å². The fraction of sp³-hybridized carbons (Fsp3) is 0.263. The van der Waals surface area contributed by atoms with Crippen molar-refractivity contribution >= 4 is 17.6 Å². The van der Waals surface area contributed by atoms with Crippen molar-refractivity contribution in [1.82, 2.24) is 0 Å². The van der Waals surface area contributed by atoms with Gasteiger partial charge in [0.05, 0.1) is 12.7 Å². The molecule has 0 aliphatic heterocycles. The van der Waals surface area contributed by atoms with E-state index in [0.29, 0.717) is 11.3 Å². The zero-order valence-corrected chi connectivity index (χ0v) is 14.3. The van der Waals surface area contributed by atoms with Crippen molar-refractivity contribution in [2.45, 2.75) is 26.9 Å². The van der Waals surface area contributed by atoms with E-state index in [2.05, 4.69) is 10.1 Å². The summed E-state index contributed by atoms with van der Waals surface area (Å²) in [6.45, 7) is 5.55. The summed E-state index contributed by atoms with van der Waals surface area (Å²) in [5.41, 5.74) is 3.18. The standard InChI is InChI=1S/C19H21NO4/c1-12-8-9-13(2)17(10-12)20-18(21)14(3)24-16-7-5-6-15(11-16)19(22)23-4/h5-11,14H,1-4H3,(H,20,21)/t14-/m1/s1. The molecule has 1 atom stereocenters. The predicted octanol–water partition coefficient (Wildman–Crippen LogP) is 3.50. The molecule has 0 aromatic heterocycles. The van der Waals surface area contributed by atoms with Crippen LogP contribution in [0.15, 0.2) is 42.5 Å². The minimum absolute atomic E-state index is 0.257. The number of aryl methyl sites for hydroxylation is 2. The second-order valence-electron chi connectivity index (χ2n) is 5.59. The topological polar surface area (TPSA) is 64.6 Å². The Morgan fingerprint density at radius 2 is 1.83 bits per heavy atom. The van der Waals surface area contributed by atoms with E-state index in [-0.39, 0.29) is 5.91 Å². The van der Waals surface area contributed by atoms with Crippen molar-refractivity contribution in [1.29, 1.82) is 0 Å². The molecule has 1 amide bonds. The van der Waals surface area contributed by atoms with E-state index in [9.17, 15) is 9.59 Å². The highest BCUT2D eigenvalue weighted by atomic mass is 16.5. The summed E-state index contributed by atoms with van der Waals surface area (Å²) in [6.07, 6.45) is -0.710. The van der Waals surface area contributed by atoms with Crippen LogP contribution in [0.4, 0.5) is 5.69 Å². The number of benzene rings is 2. The van der Waals surface area contributed by atoms with Gasteiger partial charge in [-0.1, -0.05) is 18.2 Å². The quantitative estimate of drug-likeness (QED) is 0.854. The molecule has 0 spiro atoms. The Morgan fingerprint density at radius 3 is 2.54 bits per heavy atom. The number of esters is 1. The van der Waals surface area contributed by atoms with Gasteiger partial charge in [0.2, 0.25) is 0 Å². The largest absolute Gasteiger partial charge is 0.481 e. The SMILES string of the molecule is COC(=O)c1cccc(O[C@H](C)C(=O)Nc2cc(C)ccc2C)c1. The highest BCUT2D eigenvalue weighted by Crippen LogP contribution is 2.19. The first-order valence-electron chi connectivity index (χ1n) is 7.64. The van der Waals surface area contributed by atoms with Crippen LogP contribution in [0, 0.1) is 13.8 Å². The molecule has 5 nitrogen and oxygen atoms in total. The number of amides is 1. The number of hydrogen-bond donors (Lipinski definition) is 1. The third-order valence-corrected chi connectivity index (χ3v) is 3.59. The number of carbonyl (C=O) groups is 2. The molecule has 5 heteroatoms. The summed E-state index contributed by atoms with van der Waals surface area (Å²) in [7, 11) is 1.32. The lowest BCUT2D eigenvalue weighted by Gasteiger charge is -2.16. The summed E-state index contributed by atoms with van der Waals surface area (Å²) < 4.78 is 10.3. The monoisotopic (exact) mass is 327 g/mol. The van der Waals surface area contributed by atoms with Gasteiger partial charge in [0.15, 0.2) is 6.10 Å². The first-order valence-corrected chi connectivity index (χ1v) is 7.64. The Bertz CT molecular complexity index is 755. The molecular weight excluding hydrogens is 306 g/mol. The first kappa shape index (κ1) is 17.5. The van der Waals surface area contributed by atoms with Crippen molar-refractivity contribution < 1.29 is 19.1 Å². The van der Waals surface area contributed by atoms with Crippen LogP contribution in [0.5, 0.6) is 5.75 Å². The van der Waals surface area contributed by atoms with E-state index in [0.717, 1.165) is 16.8 Å². The Morgan fingerprint density at radius 1 is 1.08 bits per heavy atom. The van der Waals surface area contributed by atoms with E-state index in [1.165, 1.54) is 7.11 Å². The molecule has 0 bridgehead atoms. The van der Waals surface area contributed by atoms with Gasteiger partial charge in [0.25, 0.3) is 5.91 Å². The zero-order chi connectivity index (χ0) is 17.7. The summed E-state index contributed by atoms with van der Waals surface area (Å²) in [4.78, 5) is 23.9. The molecule has 0 heterocycles. The van der Waals surface area contributed by atoms with E-state index in [4.69, 9.17) is 4.74 Å². The van der Waals surface area contributed by atoms with Gasteiger partial charge in [-0.3, -0.25) is 4.79 Å². The van der Waals surface area contributed by atoms with E-state index in [1.807, 2.05) is 32.0 Å². The highest BCUT2D eigenvalue weighted by Gasteiger charge is 2.16. The summed E-state index contributed by atoms with van der Waals surface area (Å²) in [6, 6.07) is 12.4. The molecule has 0 saturated heterocycles. The number of methoxy groups -OCH3 is 1. The molecule has 0 fully saturated rings. The molecule has 0 aliphatic carbocycles. The Kier molecular flexibility index (Phi) is 5.58. The van der Waals surface area contributed by atoms with Crippen molar-refractivity contribution in [3.8, 4) is 5.75 Å². The maximum Gasteiger partial charge on any atom is 0.337 e. The van der Waals surface area contributed by atoms with Crippen molar-refractivity contribution in [3.63, 3.8) is 0 Å². The molecule has 0 saturated carbocycles. The average molecular weight is 327 g/mol. The number of rotatable bonds is 5. The van der Waals surface area contributed by atoms with E-state index >= 15 is 0 Å². The smallest absolute Gasteiger partial charge is 0.337 e. The summed E-state index contributed by atoms with van der Waals surface area (Å²) in [5, 5.41) is 2.86. The minimum Gasteiger partial charge on any atom is -0.481 e. The number of carbonyl (C=O) groups excluding carboxylic acids is 2. The number of anilines is 1. The van der Waals surface area contributed by atoms with E-state index in [1.54, 1.807) is 31.2 Å². The van der Waals surface area contributed by atoms with Crippen molar-refractivity contribution in [3.05, 3.63) is 59.2 Å². The second-order valence-corrected chi connectivity index (χ2v) is 5.59. The molecule has 2 aromatic rings. The lowest BCUT2D eigenvalue weighted by atomic mass is 10.1. The lowest BCUT2D eigenvalue weighted by molar-refractivity contribution is -0.122. The zero-order valence-electron chi connectivity index (χ0n) is 14.3. The maximum atomic E-state index is 12.3. The van der Waals surface area contributed by atoms with Crippen molar-refractivity contribution in [2.75, 3.05) is 12.4 Å². The number of nitrogens with one attached hydrogen (secondary N) is 1. The van der Waals surface area contributed by atoms with Crippen LogP contribution < -0.4 is 10.1 Å². The van der Waals surface area contributed by atoms with Gasteiger partial charge < -0.3 is 14.8 Å². The highest BCUT2D eigenvalue weighted by molar-refractivity contribution is 5.95. The Hall–Kier alpha value is -2.82. The summed E-state index contributed by atoms with van der Waals surface area (Å²) >= 11 is 0. The van der Waals surface area contributed by atoms with Gasteiger partial charge in [0, 0.05) is 5.69 Å². The molecule has 24 heavy (non-hydrogen) atoms. The van der Waals surface area contributed by atoms with Gasteiger partial charge >= 0.3 is 5.97 Å². The fourth-order valence-corrected chi connectivity index (χ4v) is 2.18. The van der Waals surface area contributed by atoms with Crippen LogP contribution in [-0.2, 0) is 9.53 Å². The lowest BCUT2D eigenvalue weighted by Crippen LogP contribution is -2.30. The van der Waals surface area contributed by atoms with Crippen LogP contribution in [0.25, 0.3) is 0 Å². The van der Waals surface area contributed by atoms with E-state index < -0.39 is 12.1 Å². The molecule has 2 rings (SSSR count). The minimum atomic E-state index is -0.710. The average Bonchev–Trinajstić information content (AvgIpc) is 2.57. The third kappa shape index (κ3) is 4.35. The van der Waals surface area contributed by atoms with Crippen LogP contribution in [0.3, 0.4) is 0 Å². The normalized spacial score (nSPS) is 11.5. The molecule has 0 unspecified atom stereocenters. The Balaban J connectivity index is 2.06. The van der Waals surface area contributed by atoms with Crippen LogP contribution in [0.2, 0.25) is 0 Å². The summed E-state index contributed by atoms with van der Waals surface area (Å²) in [5.74, 6) is -0.276. The molecule has 2 aromatic carbocycles. The fourth-order valence-electron chi connectivity index (χ4n) is 2.18. The molecule has 0 aliphatic rings. The van der Waals surface area contributed by atoms with Gasteiger partial charge in [-0.25, -0.2) is 4.79 Å². The second kappa shape index (κ2) is 7.64. The third-order valence-electron chi connectivity index (χ3n) is 3.59.